The first-order chi connectivity index (χ1) is 7.20. The van der Waals surface area contributed by atoms with Gasteiger partial charge in [-0.2, -0.15) is 0 Å². The second-order valence-corrected chi connectivity index (χ2v) is 5.33. The van der Waals surface area contributed by atoms with E-state index in [0.29, 0.717) is 15.9 Å². The number of hydrogen-bond donors (Lipinski definition) is 0. The number of nitrogens with zero attached hydrogens (tertiary/aromatic N) is 2. The number of rotatable bonds is 2. The molecule has 1 aromatic heterocycles. The predicted molar refractivity (Wildman–Crippen MR) is 63.1 cm³/mol. The summed E-state index contributed by atoms with van der Waals surface area (Å²) in [6.07, 6.45) is 3.24. The van der Waals surface area contributed by atoms with Gasteiger partial charge in [-0.1, -0.05) is 29.9 Å². The van der Waals surface area contributed by atoms with Gasteiger partial charge in [0.05, 0.1) is 0 Å². The molecule has 0 N–H and O–H groups in total. The number of carbonyl (C=O) groups excluding carboxylic acids is 1. The Kier molecular flexibility index (Phi) is 3.26. The highest BCUT2D eigenvalue weighted by molar-refractivity contribution is 7.17. The standard InChI is InChI=1S/C10H13ClN2OS/c1-7-3-2-4-13(5-7)10-12-9(11)8(6-14)15-10/h6-7H,2-5H2,1H3. The molecule has 0 aliphatic carbocycles. The van der Waals surface area contributed by atoms with Crippen molar-refractivity contribution in [1.82, 2.24) is 4.98 Å². The van der Waals surface area contributed by atoms with E-state index in [2.05, 4.69) is 16.8 Å². The summed E-state index contributed by atoms with van der Waals surface area (Å²) in [7, 11) is 0. The first-order valence-electron chi connectivity index (χ1n) is 5.07. The zero-order valence-corrected chi connectivity index (χ0v) is 10.1. The molecular formula is C10H13ClN2OS. The Hall–Kier alpha value is -0.610. The lowest BCUT2D eigenvalue weighted by molar-refractivity contribution is 0.112. The van der Waals surface area contributed by atoms with Crippen molar-refractivity contribution in [3.05, 3.63) is 10.0 Å². The minimum atomic E-state index is 0.336. The molecule has 2 heterocycles. The van der Waals surface area contributed by atoms with Crippen LogP contribution >= 0.6 is 22.9 Å². The van der Waals surface area contributed by atoms with E-state index in [9.17, 15) is 4.79 Å². The van der Waals surface area contributed by atoms with Gasteiger partial charge in [0.25, 0.3) is 0 Å². The molecule has 0 bridgehead atoms. The van der Waals surface area contributed by atoms with E-state index >= 15 is 0 Å². The normalized spacial score (nSPS) is 21.7. The molecular weight excluding hydrogens is 232 g/mol. The van der Waals surface area contributed by atoms with Gasteiger partial charge in [0, 0.05) is 13.1 Å². The van der Waals surface area contributed by atoms with E-state index in [0.717, 1.165) is 24.5 Å². The SMILES string of the molecule is CC1CCCN(c2nc(Cl)c(C=O)s2)C1. The number of carbonyl (C=O) groups is 1. The van der Waals surface area contributed by atoms with Crippen molar-refractivity contribution in [1.29, 1.82) is 0 Å². The smallest absolute Gasteiger partial charge is 0.187 e. The number of anilines is 1. The van der Waals surface area contributed by atoms with Crippen molar-refractivity contribution >= 4 is 34.4 Å². The van der Waals surface area contributed by atoms with E-state index < -0.39 is 0 Å². The molecule has 0 amide bonds. The van der Waals surface area contributed by atoms with Crippen molar-refractivity contribution < 1.29 is 4.79 Å². The topological polar surface area (TPSA) is 33.2 Å². The van der Waals surface area contributed by atoms with Crippen LogP contribution in [0.25, 0.3) is 0 Å². The third-order valence-corrected chi connectivity index (χ3v) is 4.07. The van der Waals surface area contributed by atoms with Crippen molar-refractivity contribution in [2.45, 2.75) is 19.8 Å². The number of aldehydes is 1. The Morgan fingerprint density at radius 2 is 2.47 bits per heavy atom. The quantitative estimate of drug-likeness (QED) is 0.750. The van der Waals surface area contributed by atoms with Crippen molar-refractivity contribution in [2.75, 3.05) is 18.0 Å². The average molecular weight is 245 g/mol. The number of piperidine rings is 1. The molecule has 0 radical (unpaired) electrons. The molecule has 0 saturated carbocycles. The molecule has 0 aromatic carbocycles. The molecule has 1 fully saturated rings. The van der Waals surface area contributed by atoms with E-state index in [1.54, 1.807) is 0 Å². The number of hydrogen-bond acceptors (Lipinski definition) is 4. The minimum absolute atomic E-state index is 0.336. The summed E-state index contributed by atoms with van der Waals surface area (Å²) in [6.45, 7) is 4.27. The summed E-state index contributed by atoms with van der Waals surface area (Å²) in [6, 6.07) is 0. The van der Waals surface area contributed by atoms with Crippen molar-refractivity contribution in [2.24, 2.45) is 5.92 Å². The van der Waals surface area contributed by atoms with Crippen LogP contribution in [0, 0.1) is 5.92 Å². The molecule has 82 valence electrons. The average Bonchev–Trinajstić information content (AvgIpc) is 2.60. The van der Waals surface area contributed by atoms with E-state index in [1.807, 2.05) is 0 Å². The van der Waals surface area contributed by atoms with E-state index in [1.165, 1.54) is 24.2 Å². The predicted octanol–water partition coefficient (Wildman–Crippen LogP) is 2.85. The highest BCUT2D eigenvalue weighted by atomic mass is 35.5. The second-order valence-electron chi connectivity index (χ2n) is 3.96. The summed E-state index contributed by atoms with van der Waals surface area (Å²) in [5, 5.41) is 1.22. The van der Waals surface area contributed by atoms with Crippen LogP contribution in [0.1, 0.15) is 29.4 Å². The maximum Gasteiger partial charge on any atom is 0.187 e. The molecule has 2 rings (SSSR count). The fraction of sp³-hybridized carbons (Fsp3) is 0.600. The van der Waals surface area contributed by atoms with Crippen molar-refractivity contribution in [3.63, 3.8) is 0 Å². The Morgan fingerprint density at radius 1 is 1.67 bits per heavy atom. The van der Waals surface area contributed by atoms with Crippen LogP contribution in [0.3, 0.4) is 0 Å². The summed E-state index contributed by atoms with van der Waals surface area (Å²) >= 11 is 7.22. The van der Waals surface area contributed by atoms with Gasteiger partial charge in [0.1, 0.15) is 4.88 Å². The lowest BCUT2D eigenvalue weighted by Crippen LogP contribution is -2.34. The van der Waals surface area contributed by atoms with E-state index in [4.69, 9.17) is 11.6 Å². The number of thiazole rings is 1. The monoisotopic (exact) mass is 244 g/mol. The van der Waals surface area contributed by atoms with Crippen LogP contribution in [0.15, 0.2) is 0 Å². The van der Waals surface area contributed by atoms with Crippen LogP contribution < -0.4 is 4.90 Å². The molecule has 1 aliphatic rings. The summed E-state index contributed by atoms with van der Waals surface area (Å²) in [4.78, 5) is 17.6. The van der Waals surface area contributed by atoms with Crippen LogP contribution in [-0.2, 0) is 0 Å². The third-order valence-electron chi connectivity index (χ3n) is 2.63. The van der Waals surface area contributed by atoms with E-state index in [-0.39, 0.29) is 0 Å². The molecule has 1 atom stereocenters. The second kappa shape index (κ2) is 4.49. The molecule has 1 aliphatic heterocycles. The van der Waals surface area contributed by atoms with Gasteiger partial charge >= 0.3 is 0 Å². The largest absolute Gasteiger partial charge is 0.348 e. The van der Waals surface area contributed by atoms with Crippen LogP contribution in [0.5, 0.6) is 0 Å². The van der Waals surface area contributed by atoms with Crippen LogP contribution in [0.2, 0.25) is 5.15 Å². The third kappa shape index (κ3) is 2.32. The van der Waals surface area contributed by atoms with Gasteiger partial charge in [0.15, 0.2) is 16.6 Å². The molecule has 1 unspecified atom stereocenters. The first kappa shape index (κ1) is 10.9. The summed E-state index contributed by atoms with van der Waals surface area (Å²) in [5.41, 5.74) is 0. The van der Waals surface area contributed by atoms with Gasteiger partial charge in [-0.25, -0.2) is 4.98 Å². The Morgan fingerprint density at radius 3 is 3.07 bits per heavy atom. The van der Waals surface area contributed by atoms with Crippen molar-refractivity contribution in [3.8, 4) is 0 Å². The van der Waals surface area contributed by atoms with Gasteiger partial charge in [-0.05, 0) is 18.8 Å². The molecule has 3 nitrogen and oxygen atoms in total. The minimum Gasteiger partial charge on any atom is -0.348 e. The summed E-state index contributed by atoms with van der Waals surface area (Å²) < 4.78 is 0. The molecule has 1 aromatic rings. The van der Waals surface area contributed by atoms with Gasteiger partial charge in [-0.3, -0.25) is 4.79 Å². The maximum absolute atomic E-state index is 10.7. The van der Waals surface area contributed by atoms with Gasteiger partial charge in [-0.15, -0.1) is 0 Å². The maximum atomic E-state index is 10.7. The van der Waals surface area contributed by atoms with Crippen LogP contribution in [0.4, 0.5) is 5.13 Å². The number of halogens is 1. The lowest BCUT2D eigenvalue weighted by Gasteiger charge is -2.30. The lowest BCUT2D eigenvalue weighted by atomic mass is 10.0. The Bertz CT molecular complexity index is 366. The Labute approximate surface area is 98.1 Å². The van der Waals surface area contributed by atoms with Crippen LogP contribution in [-0.4, -0.2) is 24.4 Å². The van der Waals surface area contributed by atoms with Gasteiger partial charge < -0.3 is 4.90 Å². The molecule has 15 heavy (non-hydrogen) atoms. The molecule has 5 heteroatoms. The fourth-order valence-electron chi connectivity index (χ4n) is 1.87. The zero-order valence-electron chi connectivity index (χ0n) is 8.57. The molecule has 1 saturated heterocycles. The molecule has 0 spiro atoms. The highest BCUT2D eigenvalue weighted by Crippen LogP contribution is 2.30. The first-order valence-corrected chi connectivity index (χ1v) is 6.26. The zero-order chi connectivity index (χ0) is 10.8. The fourth-order valence-corrected chi connectivity index (χ4v) is 2.97. The van der Waals surface area contributed by atoms with Gasteiger partial charge in [0.2, 0.25) is 0 Å². The number of aromatic nitrogens is 1. The summed E-state index contributed by atoms with van der Waals surface area (Å²) in [5.74, 6) is 0.695. The Balaban J connectivity index is 2.17. The highest BCUT2D eigenvalue weighted by Gasteiger charge is 2.20.